The number of aliphatic hydroxyl groups is 1. The number of hydrogen-bond donors (Lipinski definition) is 1. The molecule has 6 heteroatoms. The van der Waals surface area contributed by atoms with Gasteiger partial charge in [-0.3, -0.25) is 4.57 Å². The highest BCUT2D eigenvalue weighted by Crippen LogP contribution is 2.48. The van der Waals surface area contributed by atoms with Crippen molar-refractivity contribution in [2.45, 2.75) is 20.0 Å². The lowest BCUT2D eigenvalue weighted by molar-refractivity contribution is 0.114. The zero-order valence-electron chi connectivity index (χ0n) is 11.3. The van der Waals surface area contributed by atoms with Crippen LogP contribution in [0.2, 0.25) is 0 Å². The van der Waals surface area contributed by atoms with Crippen LogP contribution in [-0.4, -0.2) is 37.2 Å². The SMILES string of the molecule is CCOP(=O)(CC(O)COc1ccccc1)OCC. The predicted octanol–water partition coefficient (Wildman–Crippen LogP) is 2.69. The Balaban J connectivity index is 2.44. The third kappa shape index (κ3) is 6.21. The number of hydrogen-bond acceptors (Lipinski definition) is 5. The van der Waals surface area contributed by atoms with Crippen LogP contribution < -0.4 is 4.74 Å². The Morgan fingerprint density at radius 1 is 1.16 bits per heavy atom. The van der Waals surface area contributed by atoms with Crippen LogP contribution in [0, 0.1) is 0 Å². The van der Waals surface area contributed by atoms with Gasteiger partial charge in [-0.05, 0) is 26.0 Å². The molecule has 1 rings (SSSR count). The molecule has 1 N–H and O–H groups in total. The molecule has 1 unspecified atom stereocenters. The van der Waals surface area contributed by atoms with E-state index in [1.165, 1.54) is 0 Å². The summed E-state index contributed by atoms with van der Waals surface area (Å²) in [6.07, 6.45) is -0.967. The van der Waals surface area contributed by atoms with Gasteiger partial charge < -0.3 is 18.9 Å². The van der Waals surface area contributed by atoms with Crippen molar-refractivity contribution in [3.05, 3.63) is 30.3 Å². The highest BCUT2D eigenvalue weighted by atomic mass is 31.2. The number of rotatable bonds is 9. The van der Waals surface area contributed by atoms with Gasteiger partial charge in [-0.1, -0.05) is 18.2 Å². The number of para-hydroxylation sites is 1. The highest BCUT2D eigenvalue weighted by Gasteiger charge is 2.27. The van der Waals surface area contributed by atoms with Crippen LogP contribution in [0.25, 0.3) is 0 Å². The standard InChI is InChI=1S/C13H21O5P/c1-3-17-19(15,18-4-2)11-12(14)10-16-13-8-6-5-7-9-13/h5-9,12,14H,3-4,10-11H2,1-2H3. The van der Waals surface area contributed by atoms with Gasteiger partial charge in [-0.2, -0.15) is 0 Å². The van der Waals surface area contributed by atoms with E-state index in [4.69, 9.17) is 13.8 Å². The maximum Gasteiger partial charge on any atom is 0.333 e. The lowest BCUT2D eigenvalue weighted by Crippen LogP contribution is -2.23. The Labute approximate surface area is 114 Å². The van der Waals surface area contributed by atoms with Gasteiger partial charge in [-0.15, -0.1) is 0 Å². The van der Waals surface area contributed by atoms with Crippen LogP contribution in [0.3, 0.4) is 0 Å². The molecule has 108 valence electrons. The second kappa shape index (κ2) is 8.33. The number of benzene rings is 1. The molecule has 0 aliphatic heterocycles. The first-order valence-corrected chi connectivity index (χ1v) is 8.06. The van der Waals surface area contributed by atoms with Gasteiger partial charge in [0.1, 0.15) is 12.4 Å². The minimum absolute atomic E-state index is 0.0498. The Morgan fingerprint density at radius 2 is 1.74 bits per heavy atom. The molecule has 1 aromatic carbocycles. The molecular weight excluding hydrogens is 267 g/mol. The molecule has 1 atom stereocenters. The van der Waals surface area contributed by atoms with E-state index in [9.17, 15) is 9.67 Å². The zero-order valence-corrected chi connectivity index (χ0v) is 12.2. The third-order valence-electron chi connectivity index (χ3n) is 2.27. The van der Waals surface area contributed by atoms with Crippen molar-refractivity contribution in [3.63, 3.8) is 0 Å². The molecule has 0 saturated heterocycles. The second-order valence-electron chi connectivity index (χ2n) is 3.91. The quantitative estimate of drug-likeness (QED) is 0.708. The summed E-state index contributed by atoms with van der Waals surface area (Å²) < 4.78 is 27.8. The molecule has 0 heterocycles. The van der Waals surface area contributed by atoms with Crippen molar-refractivity contribution in [2.24, 2.45) is 0 Å². The average Bonchev–Trinajstić information content (AvgIpc) is 2.38. The van der Waals surface area contributed by atoms with Gasteiger partial charge in [0.15, 0.2) is 0 Å². The predicted molar refractivity (Wildman–Crippen MR) is 73.7 cm³/mol. The first kappa shape index (κ1) is 16.2. The van der Waals surface area contributed by atoms with E-state index in [0.717, 1.165) is 0 Å². The summed E-state index contributed by atoms with van der Waals surface area (Å²) in [7, 11) is -3.23. The van der Waals surface area contributed by atoms with Crippen LogP contribution in [0.4, 0.5) is 0 Å². The topological polar surface area (TPSA) is 65.0 Å². The van der Waals surface area contributed by atoms with E-state index in [0.29, 0.717) is 5.75 Å². The molecule has 1 aromatic rings. The lowest BCUT2D eigenvalue weighted by Gasteiger charge is -2.20. The molecule has 0 amide bonds. The summed E-state index contributed by atoms with van der Waals surface area (Å²) in [5.74, 6) is 0.657. The Morgan fingerprint density at radius 3 is 2.26 bits per heavy atom. The van der Waals surface area contributed by atoms with Crippen LogP contribution in [0.1, 0.15) is 13.8 Å². The van der Waals surface area contributed by atoms with Crippen LogP contribution in [0.15, 0.2) is 30.3 Å². The number of ether oxygens (including phenoxy) is 1. The molecule has 0 bridgehead atoms. The van der Waals surface area contributed by atoms with Gasteiger partial charge in [0, 0.05) is 0 Å². The second-order valence-corrected chi connectivity index (χ2v) is 6.01. The first-order valence-electron chi connectivity index (χ1n) is 6.33. The van der Waals surface area contributed by atoms with Crippen molar-refractivity contribution in [2.75, 3.05) is 26.0 Å². The van der Waals surface area contributed by atoms with Crippen LogP contribution >= 0.6 is 7.60 Å². The van der Waals surface area contributed by atoms with E-state index in [1.807, 2.05) is 18.2 Å². The largest absolute Gasteiger partial charge is 0.491 e. The lowest BCUT2D eigenvalue weighted by atomic mass is 10.3. The fourth-order valence-corrected chi connectivity index (χ4v) is 3.25. The minimum atomic E-state index is -3.23. The third-order valence-corrected chi connectivity index (χ3v) is 4.44. The van der Waals surface area contributed by atoms with Gasteiger partial charge in [0.05, 0.1) is 25.5 Å². The molecule has 5 nitrogen and oxygen atoms in total. The minimum Gasteiger partial charge on any atom is -0.491 e. The highest BCUT2D eigenvalue weighted by molar-refractivity contribution is 7.53. The molecule has 0 aliphatic rings. The van der Waals surface area contributed by atoms with Crippen molar-refractivity contribution in [3.8, 4) is 5.75 Å². The summed E-state index contributed by atoms with van der Waals surface area (Å²) >= 11 is 0. The van der Waals surface area contributed by atoms with E-state index < -0.39 is 13.7 Å². The normalized spacial score (nSPS) is 13.2. The Kier molecular flexibility index (Phi) is 7.10. The summed E-state index contributed by atoms with van der Waals surface area (Å²) in [6.45, 7) is 4.08. The number of aliphatic hydroxyl groups excluding tert-OH is 1. The molecule has 0 aliphatic carbocycles. The van der Waals surface area contributed by atoms with Crippen molar-refractivity contribution in [1.29, 1.82) is 0 Å². The fourth-order valence-electron chi connectivity index (χ4n) is 1.56. The summed E-state index contributed by atoms with van der Waals surface area (Å²) in [4.78, 5) is 0. The van der Waals surface area contributed by atoms with Crippen molar-refractivity contribution >= 4 is 7.60 Å². The fraction of sp³-hybridized carbons (Fsp3) is 0.538. The monoisotopic (exact) mass is 288 g/mol. The van der Waals surface area contributed by atoms with Gasteiger partial charge in [-0.25, -0.2) is 0 Å². The molecule has 19 heavy (non-hydrogen) atoms. The maximum atomic E-state index is 12.2. The molecule has 0 fully saturated rings. The Hall–Kier alpha value is -0.870. The van der Waals surface area contributed by atoms with E-state index in [1.54, 1.807) is 26.0 Å². The smallest absolute Gasteiger partial charge is 0.333 e. The van der Waals surface area contributed by atoms with Gasteiger partial charge >= 0.3 is 7.60 Å². The Bertz CT molecular complexity index is 385. The van der Waals surface area contributed by atoms with E-state index >= 15 is 0 Å². The summed E-state index contributed by atoms with van der Waals surface area (Å²) in [5, 5.41) is 9.84. The van der Waals surface area contributed by atoms with Crippen LogP contribution in [-0.2, 0) is 13.6 Å². The van der Waals surface area contributed by atoms with E-state index in [-0.39, 0.29) is 26.0 Å². The average molecular weight is 288 g/mol. The first-order chi connectivity index (χ1) is 9.09. The van der Waals surface area contributed by atoms with Crippen molar-refractivity contribution < 1.29 is 23.5 Å². The summed E-state index contributed by atoms with van der Waals surface area (Å²) in [6, 6.07) is 9.14. The van der Waals surface area contributed by atoms with Crippen LogP contribution in [0.5, 0.6) is 5.75 Å². The van der Waals surface area contributed by atoms with Gasteiger partial charge in [0.2, 0.25) is 0 Å². The van der Waals surface area contributed by atoms with Gasteiger partial charge in [0.25, 0.3) is 0 Å². The zero-order chi connectivity index (χ0) is 14.1. The molecule has 0 spiro atoms. The molecule has 0 saturated carbocycles. The van der Waals surface area contributed by atoms with Crippen molar-refractivity contribution in [1.82, 2.24) is 0 Å². The van der Waals surface area contributed by atoms with E-state index in [2.05, 4.69) is 0 Å². The molecule has 0 aromatic heterocycles. The molecule has 0 radical (unpaired) electrons. The maximum absolute atomic E-state index is 12.2. The molecular formula is C13H21O5P. The summed E-state index contributed by atoms with van der Waals surface area (Å²) in [5.41, 5.74) is 0.